The molecule has 0 unspecified atom stereocenters. The molecule has 2 aliphatic heterocycles. The maximum absolute atomic E-state index is 13.0. The summed E-state index contributed by atoms with van der Waals surface area (Å²) >= 11 is 0. The van der Waals surface area contributed by atoms with E-state index in [0.717, 1.165) is 41.9 Å². The molecule has 2 aliphatic rings. The average molecular weight is 669 g/mol. The second-order valence-corrected chi connectivity index (χ2v) is 12.7. The number of nitrogens with one attached hydrogen (secondary N) is 2. The Morgan fingerprint density at radius 2 is 1.58 bits per heavy atom. The van der Waals surface area contributed by atoms with Crippen LogP contribution in [0.2, 0.25) is 0 Å². The molecule has 3 heterocycles. The highest BCUT2D eigenvalue weighted by Gasteiger charge is 2.28. The van der Waals surface area contributed by atoms with Crippen molar-refractivity contribution in [3.05, 3.63) is 120 Å². The molecule has 4 aromatic carbocycles. The van der Waals surface area contributed by atoms with Crippen LogP contribution in [0.3, 0.4) is 0 Å². The fourth-order valence-electron chi connectivity index (χ4n) is 6.53. The summed E-state index contributed by atoms with van der Waals surface area (Å²) in [4.78, 5) is 33.1. The zero-order valence-corrected chi connectivity index (χ0v) is 28.2. The van der Waals surface area contributed by atoms with Crippen LogP contribution in [-0.4, -0.2) is 47.3 Å². The van der Waals surface area contributed by atoms with Crippen molar-refractivity contribution in [3.8, 4) is 22.6 Å². The Hall–Kier alpha value is -5.87. The highest BCUT2D eigenvalue weighted by atomic mass is 16.5. The molecule has 4 N–H and O–H groups in total. The summed E-state index contributed by atoms with van der Waals surface area (Å²) in [5.41, 5.74) is 14.9. The lowest BCUT2D eigenvalue weighted by Crippen LogP contribution is -2.40. The number of nitrogens with two attached hydrogens (primary N) is 1. The Bertz CT molecular complexity index is 2050. The molecule has 254 valence electrons. The summed E-state index contributed by atoms with van der Waals surface area (Å²) in [7, 11) is 3.40. The number of amides is 2. The van der Waals surface area contributed by atoms with Crippen LogP contribution in [0.1, 0.15) is 40.0 Å². The van der Waals surface area contributed by atoms with E-state index in [0.29, 0.717) is 47.3 Å². The molecule has 0 saturated heterocycles. The molecule has 50 heavy (non-hydrogen) atoms. The maximum Gasteiger partial charge on any atom is 0.272 e. The van der Waals surface area contributed by atoms with E-state index >= 15 is 0 Å². The largest absolute Gasteiger partial charge is 0.493 e. The molecule has 10 heteroatoms. The van der Waals surface area contributed by atoms with Crippen LogP contribution in [0.5, 0.6) is 11.5 Å². The van der Waals surface area contributed by atoms with Crippen molar-refractivity contribution < 1.29 is 19.1 Å². The van der Waals surface area contributed by atoms with Gasteiger partial charge in [-0.15, -0.1) is 0 Å². The molecule has 0 bridgehead atoms. The number of aryl methyl sites for hydroxylation is 1. The third-order valence-electron chi connectivity index (χ3n) is 9.23. The fraction of sp³-hybridized carbons (Fsp3) is 0.225. The number of nitrogen functional groups attached to an aromatic ring is 1. The van der Waals surface area contributed by atoms with Crippen LogP contribution in [0.15, 0.2) is 102 Å². The molecule has 5 aromatic rings. The van der Waals surface area contributed by atoms with Crippen LogP contribution in [0.4, 0.5) is 22.7 Å². The minimum absolute atomic E-state index is 0.166. The third-order valence-corrected chi connectivity index (χ3v) is 9.23. The molecule has 1 atom stereocenters. The molecule has 0 saturated carbocycles. The number of anilines is 3. The van der Waals surface area contributed by atoms with Crippen LogP contribution < -0.4 is 25.8 Å². The van der Waals surface area contributed by atoms with Gasteiger partial charge in [0.05, 0.1) is 25.1 Å². The van der Waals surface area contributed by atoms with Gasteiger partial charge in [-0.1, -0.05) is 48.5 Å². The molecular weight excluding hydrogens is 628 g/mol. The number of methoxy groups -OCH3 is 1. The van der Waals surface area contributed by atoms with E-state index < -0.39 is 0 Å². The Morgan fingerprint density at radius 1 is 0.860 bits per heavy atom. The highest BCUT2D eigenvalue weighted by Crippen LogP contribution is 2.38. The summed E-state index contributed by atoms with van der Waals surface area (Å²) in [5.74, 6) is 0.806. The second-order valence-electron chi connectivity index (χ2n) is 12.7. The van der Waals surface area contributed by atoms with Crippen molar-refractivity contribution in [1.29, 1.82) is 0 Å². The van der Waals surface area contributed by atoms with Gasteiger partial charge in [-0.05, 0) is 77.1 Å². The summed E-state index contributed by atoms with van der Waals surface area (Å²) in [6, 6.07) is 29.7. The normalized spacial score (nSPS) is 14.9. The first kappa shape index (κ1) is 32.7. The average Bonchev–Trinajstić information content (AvgIpc) is 3.40. The molecular formula is C40H40N6O4. The first-order valence-electron chi connectivity index (χ1n) is 16.8. The van der Waals surface area contributed by atoms with E-state index in [1.807, 2.05) is 66.9 Å². The van der Waals surface area contributed by atoms with Crippen LogP contribution in [-0.2, 0) is 31.4 Å². The number of rotatable bonds is 10. The van der Waals surface area contributed by atoms with Crippen molar-refractivity contribution in [2.75, 3.05) is 30.1 Å². The standard InChI is InChI=1S/C40H40N6O4/c1-45-25-33(20-36(45)40(48)44-32-15-11-27(12-16-32)26-9-13-31(41)14-10-26)43-39(47)8-5-17-50-38-21-35-30(19-37(38)49-2)24-46-23-29-7-4-3-6-28(29)18-34(46)22-42-35/h3-4,6-7,9-16,19-22,25,34H,5,8,17-18,23-24,41H2,1-2H3,(H,43,47)(H,44,48)/t34-/m0/s1. The predicted molar refractivity (Wildman–Crippen MR) is 197 cm³/mol. The van der Waals surface area contributed by atoms with E-state index in [4.69, 9.17) is 20.2 Å². The summed E-state index contributed by atoms with van der Waals surface area (Å²) < 4.78 is 13.5. The number of carbonyl (C=O) groups is 2. The van der Waals surface area contributed by atoms with Gasteiger partial charge in [-0.3, -0.25) is 19.5 Å². The van der Waals surface area contributed by atoms with E-state index in [2.05, 4.69) is 39.8 Å². The summed E-state index contributed by atoms with van der Waals surface area (Å²) in [6.07, 6.45) is 5.45. The van der Waals surface area contributed by atoms with Gasteiger partial charge in [-0.2, -0.15) is 0 Å². The number of carbonyl (C=O) groups excluding carboxylic acids is 2. The van der Waals surface area contributed by atoms with Crippen molar-refractivity contribution in [2.24, 2.45) is 12.0 Å². The topological polar surface area (TPSA) is 123 Å². The van der Waals surface area contributed by atoms with Crippen LogP contribution >= 0.6 is 0 Å². The lowest BCUT2D eigenvalue weighted by atomic mass is 9.94. The fourth-order valence-corrected chi connectivity index (χ4v) is 6.53. The van der Waals surface area contributed by atoms with Crippen molar-refractivity contribution in [2.45, 2.75) is 38.4 Å². The molecule has 7 rings (SSSR count). The molecule has 0 fully saturated rings. The van der Waals surface area contributed by atoms with Gasteiger partial charge >= 0.3 is 0 Å². The van der Waals surface area contributed by atoms with Gasteiger partial charge in [0.1, 0.15) is 5.69 Å². The number of aromatic nitrogens is 1. The smallest absolute Gasteiger partial charge is 0.272 e. The molecule has 1 aromatic heterocycles. The number of ether oxygens (including phenoxy) is 2. The number of nitrogens with zero attached hydrogens (tertiary/aromatic N) is 3. The molecule has 0 aliphatic carbocycles. The Morgan fingerprint density at radius 3 is 2.34 bits per heavy atom. The monoisotopic (exact) mass is 668 g/mol. The van der Waals surface area contributed by atoms with Gasteiger partial charge in [0.25, 0.3) is 5.91 Å². The number of aliphatic imine (C=N–C) groups is 1. The van der Waals surface area contributed by atoms with Gasteiger partial charge in [-0.25, -0.2) is 0 Å². The Balaban J connectivity index is 0.905. The minimum Gasteiger partial charge on any atom is -0.493 e. The quantitative estimate of drug-likeness (QED) is 0.109. The van der Waals surface area contributed by atoms with E-state index in [1.54, 1.807) is 31.0 Å². The number of fused-ring (bicyclic) bond motifs is 3. The van der Waals surface area contributed by atoms with E-state index in [-0.39, 0.29) is 24.3 Å². The van der Waals surface area contributed by atoms with Gasteiger partial charge < -0.3 is 30.4 Å². The maximum atomic E-state index is 13.0. The molecule has 2 amide bonds. The van der Waals surface area contributed by atoms with Gasteiger partial charge in [0.2, 0.25) is 5.91 Å². The first-order valence-corrected chi connectivity index (χ1v) is 16.8. The zero-order chi connectivity index (χ0) is 34.6. The van der Waals surface area contributed by atoms with E-state index in [1.165, 1.54) is 11.1 Å². The zero-order valence-electron chi connectivity index (χ0n) is 28.2. The van der Waals surface area contributed by atoms with E-state index in [9.17, 15) is 9.59 Å². The molecule has 10 nitrogen and oxygen atoms in total. The van der Waals surface area contributed by atoms with Crippen molar-refractivity contribution >= 4 is 40.8 Å². The SMILES string of the molecule is COc1cc2c(cc1OCCCC(=O)Nc1cc(C(=O)Nc3ccc(-c4ccc(N)cc4)cc3)n(C)c1)N=C[C@@H]1Cc3ccccc3CN1C2. The van der Waals surface area contributed by atoms with Crippen LogP contribution in [0.25, 0.3) is 11.1 Å². The molecule has 0 radical (unpaired) electrons. The lowest BCUT2D eigenvalue weighted by molar-refractivity contribution is -0.116. The molecule has 0 spiro atoms. The second kappa shape index (κ2) is 14.3. The summed E-state index contributed by atoms with van der Waals surface area (Å²) in [6.45, 7) is 1.98. The predicted octanol–water partition coefficient (Wildman–Crippen LogP) is 6.98. The number of hydrogen-bond donors (Lipinski definition) is 3. The van der Waals surface area contributed by atoms with Crippen LogP contribution in [0, 0.1) is 0 Å². The third kappa shape index (κ3) is 7.25. The summed E-state index contributed by atoms with van der Waals surface area (Å²) in [5, 5.41) is 5.83. The van der Waals surface area contributed by atoms with Gasteiger partial charge in [0, 0.05) is 62.5 Å². The minimum atomic E-state index is -0.276. The first-order chi connectivity index (χ1) is 24.3. The Labute approximate surface area is 291 Å². The van der Waals surface area contributed by atoms with Crippen molar-refractivity contribution in [3.63, 3.8) is 0 Å². The number of hydrogen-bond acceptors (Lipinski definition) is 7. The lowest BCUT2D eigenvalue weighted by Gasteiger charge is -2.34. The Kier molecular flexibility index (Phi) is 9.35. The van der Waals surface area contributed by atoms with Crippen molar-refractivity contribution in [1.82, 2.24) is 9.47 Å². The number of benzene rings is 4. The highest BCUT2D eigenvalue weighted by molar-refractivity contribution is 6.04. The van der Waals surface area contributed by atoms with Gasteiger partial charge in [0.15, 0.2) is 11.5 Å².